The van der Waals surface area contributed by atoms with E-state index in [0.29, 0.717) is 5.57 Å². The normalized spacial score (nSPS) is 23.6. The summed E-state index contributed by atoms with van der Waals surface area (Å²) in [4.78, 5) is 37.9. The largest absolute Gasteiger partial charge is 0.455 e. The zero-order valence-electron chi connectivity index (χ0n) is 12.7. The Labute approximate surface area is 131 Å². The van der Waals surface area contributed by atoms with Gasteiger partial charge in [0.15, 0.2) is 12.3 Å². The van der Waals surface area contributed by atoms with Crippen LogP contribution in [0.2, 0.25) is 0 Å². The lowest BCUT2D eigenvalue weighted by atomic mass is 10.1. The fourth-order valence-corrected chi connectivity index (χ4v) is 2.26. The minimum atomic E-state index is -0.928. The van der Waals surface area contributed by atoms with Crippen LogP contribution in [-0.2, 0) is 19.1 Å². The third kappa shape index (κ3) is 3.63. The molecule has 0 aliphatic carbocycles. The standard InChI is InChI=1S/C14H17N3O6/c1-7-12(22-9(3)20)10(6-18)23-13(7)17-5-4-11(15-8(2)19)16-14(17)21/h4-5,10,12-13,18H,1,6H2,2-3H3,(H,15,16,19,21)/t10-,12+,13-/m1/s1. The van der Waals surface area contributed by atoms with Crippen molar-refractivity contribution in [2.75, 3.05) is 11.9 Å². The van der Waals surface area contributed by atoms with Crippen molar-refractivity contribution in [3.05, 3.63) is 34.9 Å². The zero-order valence-corrected chi connectivity index (χ0v) is 12.7. The van der Waals surface area contributed by atoms with E-state index in [-0.39, 0.29) is 11.7 Å². The first-order valence-corrected chi connectivity index (χ1v) is 6.82. The lowest BCUT2D eigenvalue weighted by Crippen LogP contribution is -2.30. The molecule has 0 spiro atoms. The summed E-state index contributed by atoms with van der Waals surface area (Å²) in [6.45, 7) is 5.91. The second-order valence-corrected chi connectivity index (χ2v) is 5.00. The average Bonchev–Trinajstić information content (AvgIpc) is 2.75. The molecule has 2 heterocycles. The number of aliphatic hydroxyl groups excluding tert-OH is 1. The number of amides is 1. The number of nitrogens with one attached hydrogen (secondary N) is 1. The molecule has 0 radical (unpaired) electrons. The van der Waals surface area contributed by atoms with E-state index in [4.69, 9.17) is 9.47 Å². The molecule has 124 valence electrons. The van der Waals surface area contributed by atoms with Gasteiger partial charge in [-0.15, -0.1) is 0 Å². The molecule has 1 saturated heterocycles. The van der Waals surface area contributed by atoms with Crippen LogP contribution in [0.4, 0.5) is 5.82 Å². The second kappa shape index (κ2) is 6.71. The van der Waals surface area contributed by atoms with Gasteiger partial charge in [0.1, 0.15) is 11.9 Å². The number of rotatable bonds is 4. The van der Waals surface area contributed by atoms with Crippen LogP contribution in [-0.4, -0.2) is 45.3 Å². The summed E-state index contributed by atoms with van der Waals surface area (Å²) in [5.74, 6) is -0.797. The van der Waals surface area contributed by atoms with Crippen LogP contribution in [0.3, 0.4) is 0 Å². The Balaban J connectivity index is 2.28. The molecule has 0 bridgehead atoms. The first kappa shape index (κ1) is 16.8. The Hall–Kier alpha value is -2.52. The van der Waals surface area contributed by atoms with Crippen LogP contribution in [0, 0.1) is 0 Å². The number of aliphatic hydroxyl groups is 1. The van der Waals surface area contributed by atoms with E-state index in [1.54, 1.807) is 0 Å². The number of anilines is 1. The Morgan fingerprint density at radius 1 is 1.52 bits per heavy atom. The maximum atomic E-state index is 12.1. The van der Waals surface area contributed by atoms with Gasteiger partial charge in [-0.1, -0.05) is 6.58 Å². The fourth-order valence-electron chi connectivity index (χ4n) is 2.26. The van der Waals surface area contributed by atoms with Crippen molar-refractivity contribution in [3.8, 4) is 0 Å². The Morgan fingerprint density at radius 2 is 2.22 bits per heavy atom. The maximum Gasteiger partial charge on any atom is 0.351 e. The molecule has 9 nitrogen and oxygen atoms in total. The summed E-state index contributed by atoms with van der Waals surface area (Å²) < 4.78 is 11.8. The molecule has 2 N–H and O–H groups in total. The van der Waals surface area contributed by atoms with Crippen molar-refractivity contribution >= 4 is 17.7 Å². The SMILES string of the molecule is C=C1[C@H](n2ccc(NC(C)=O)nc2=O)O[C@H](CO)[C@H]1OC(C)=O. The van der Waals surface area contributed by atoms with Crippen LogP contribution >= 0.6 is 0 Å². The molecule has 1 fully saturated rings. The van der Waals surface area contributed by atoms with Gasteiger partial charge < -0.3 is 19.9 Å². The molecule has 0 aromatic carbocycles. The van der Waals surface area contributed by atoms with E-state index in [1.165, 1.54) is 26.1 Å². The van der Waals surface area contributed by atoms with Gasteiger partial charge in [-0.25, -0.2) is 4.79 Å². The highest BCUT2D eigenvalue weighted by Gasteiger charge is 2.42. The highest BCUT2D eigenvalue weighted by Crippen LogP contribution is 2.34. The van der Waals surface area contributed by atoms with E-state index in [2.05, 4.69) is 16.9 Å². The zero-order chi connectivity index (χ0) is 17.1. The minimum Gasteiger partial charge on any atom is -0.455 e. The summed E-state index contributed by atoms with van der Waals surface area (Å²) in [7, 11) is 0. The van der Waals surface area contributed by atoms with Crippen molar-refractivity contribution in [2.45, 2.75) is 32.3 Å². The Morgan fingerprint density at radius 3 is 2.74 bits per heavy atom. The molecule has 2 rings (SSSR count). The number of carbonyl (C=O) groups excluding carboxylic acids is 2. The van der Waals surface area contributed by atoms with E-state index in [1.807, 2.05) is 0 Å². The highest BCUT2D eigenvalue weighted by atomic mass is 16.6. The van der Waals surface area contributed by atoms with Gasteiger partial charge >= 0.3 is 11.7 Å². The molecule has 0 unspecified atom stereocenters. The first-order valence-electron chi connectivity index (χ1n) is 6.82. The number of hydrogen-bond acceptors (Lipinski definition) is 7. The molecule has 1 aliphatic heterocycles. The molecule has 1 aromatic rings. The molecular weight excluding hydrogens is 306 g/mol. The summed E-state index contributed by atoms with van der Waals surface area (Å²) in [6.07, 6.45) is -1.23. The molecule has 0 saturated carbocycles. The van der Waals surface area contributed by atoms with Crippen molar-refractivity contribution in [1.82, 2.24) is 9.55 Å². The van der Waals surface area contributed by atoms with E-state index >= 15 is 0 Å². The van der Waals surface area contributed by atoms with E-state index in [9.17, 15) is 19.5 Å². The third-order valence-corrected chi connectivity index (χ3v) is 3.18. The van der Waals surface area contributed by atoms with Crippen LogP contribution in [0.1, 0.15) is 20.1 Å². The van der Waals surface area contributed by atoms with Gasteiger partial charge in [-0.05, 0) is 6.07 Å². The monoisotopic (exact) mass is 323 g/mol. The maximum absolute atomic E-state index is 12.1. The van der Waals surface area contributed by atoms with Gasteiger partial charge in [0.25, 0.3) is 0 Å². The Kier molecular flexibility index (Phi) is 4.92. The van der Waals surface area contributed by atoms with E-state index < -0.39 is 36.7 Å². The number of esters is 1. The van der Waals surface area contributed by atoms with Gasteiger partial charge in [-0.3, -0.25) is 14.2 Å². The molecule has 23 heavy (non-hydrogen) atoms. The van der Waals surface area contributed by atoms with Crippen LogP contribution in [0.25, 0.3) is 0 Å². The molecular formula is C14H17N3O6. The van der Waals surface area contributed by atoms with Gasteiger partial charge in [-0.2, -0.15) is 4.98 Å². The smallest absolute Gasteiger partial charge is 0.351 e. The summed E-state index contributed by atoms with van der Waals surface area (Å²) in [5.41, 5.74) is -0.363. The molecule has 1 aliphatic rings. The van der Waals surface area contributed by atoms with Crippen LogP contribution < -0.4 is 11.0 Å². The quantitative estimate of drug-likeness (QED) is 0.570. The van der Waals surface area contributed by atoms with Gasteiger partial charge in [0.2, 0.25) is 5.91 Å². The second-order valence-electron chi connectivity index (χ2n) is 5.00. The third-order valence-electron chi connectivity index (χ3n) is 3.18. The lowest BCUT2D eigenvalue weighted by Gasteiger charge is -2.15. The predicted molar refractivity (Wildman–Crippen MR) is 78.5 cm³/mol. The topological polar surface area (TPSA) is 120 Å². The van der Waals surface area contributed by atoms with Crippen molar-refractivity contribution in [1.29, 1.82) is 0 Å². The lowest BCUT2D eigenvalue weighted by molar-refractivity contribution is -0.149. The highest BCUT2D eigenvalue weighted by molar-refractivity contribution is 5.87. The van der Waals surface area contributed by atoms with Crippen LogP contribution in [0.5, 0.6) is 0 Å². The number of hydrogen-bond donors (Lipinski definition) is 2. The van der Waals surface area contributed by atoms with Crippen molar-refractivity contribution in [3.63, 3.8) is 0 Å². The van der Waals surface area contributed by atoms with Gasteiger partial charge in [0.05, 0.1) is 6.61 Å². The van der Waals surface area contributed by atoms with Gasteiger partial charge in [0, 0.05) is 25.6 Å². The molecule has 9 heteroatoms. The number of ether oxygens (including phenoxy) is 2. The molecule has 3 atom stereocenters. The average molecular weight is 323 g/mol. The van der Waals surface area contributed by atoms with E-state index in [0.717, 1.165) is 4.57 Å². The molecule has 1 amide bonds. The van der Waals surface area contributed by atoms with Crippen molar-refractivity contribution in [2.24, 2.45) is 0 Å². The summed E-state index contributed by atoms with van der Waals surface area (Å²) in [5, 5.41) is 11.7. The van der Waals surface area contributed by atoms with Crippen molar-refractivity contribution < 1.29 is 24.2 Å². The number of aromatic nitrogens is 2. The first-order chi connectivity index (χ1) is 10.8. The Bertz CT molecular complexity index is 698. The number of carbonyl (C=O) groups is 2. The van der Waals surface area contributed by atoms with Crippen LogP contribution in [0.15, 0.2) is 29.2 Å². The predicted octanol–water partition coefficient (Wildman–Crippen LogP) is -0.421. The summed E-state index contributed by atoms with van der Waals surface area (Å²) >= 11 is 0. The minimum absolute atomic E-state index is 0.109. The fraction of sp³-hybridized carbons (Fsp3) is 0.429. The summed E-state index contributed by atoms with van der Waals surface area (Å²) in [6, 6.07) is 1.42. The molecule has 1 aromatic heterocycles. The number of nitrogens with zero attached hydrogens (tertiary/aromatic N) is 2.